The molecule has 5 heterocycles. The van der Waals surface area contributed by atoms with Gasteiger partial charge in [-0.25, -0.2) is 9.18 Å². The van der Waals surface area contributed by atoms with Crippen molar-refractivity contribution in [2.75, 3.05) is 24.5 Å². The number of fused-ring (bicyclic) bond motifs is 1. The van der Waals surface area contributed by atoms with Gasteiger partial charge >= 0.3 is 6.03 Å². The number of nitrogens with zero attached hydrogens (tertiary/aromatic N) is 6. The number of halogens is 1. The number of urea groups is 1. The fourth-order valence-electron chi connectivity index (χ4n) is 5.68. The Hall–Kier alpha value is -4.29. The van der Waals surface area contributed by atoms with Crippen molar-refractivity contribution in [3.8, 4) is 11.5 Å². The topological polar surface area (TPSA) is 138 Å². The van der Waals surface area contributed by atoms with E-state index >= 15 is 4.39 Å². The minimum atomic E-state index is -1.44. The van der Waals surface area contributed by atoms with Gasteiger partial charge in [0.25, 0.3) is 0 Å². The molecule has 2 aliphatic rings. The van der Waals surface area contributed by atoms with Gasteiger partial charge in [0, 0.05) is 55.2 Å². The van der Waals surface area contributed by atoms with E-state index in [-0.39, 0.29) is 29.8 Å². The van der Waals surface area contributed by atoms with Crippen LogP contribution in [0.25, 0.3) is 22.4 Å². The van der Waals surface area contributed by atoms with Crippen LogP contribution in [0.15, 0.2) is 53.6 Å². The first-order valence-electron chi connectivity index (χ1n) is 13.0. The van der Waals surface area contributed by atoms with Gasteiger partial charge in [-0.3, -0.25) is 29.9 Å². The molecule has 0 bridgehead atoms. The number of carbonyl (C=O) groups is 2. The van der Waals surface area contributed by atoms with Crippen LogP contribution in [0.1, 0.15) is 37.8 Å². The maximum atomic E-state index is 16.1. The lowest BCUT2D eigenvalue weighted by atomic mass is 9.66. The highest BCUT2D eigenvalue weighted by atomic mass is 19.1. The first-order valence-corrected chi connectivity index (χ1v) is 13.0. The number of aliphatic hydroxyl groups is 1. The summed E-state index contributed by atoms with van der Waals surface area (Å²) >= 11 is 0. The lowest BCUT2D eigenvalue weighted by Crippen LogP contribution is -2.55. The highest BCUT2D eigenvalue weighted by Gasteiger charge is 2.50. The molecule has 11 nitrogen and oxygen atoms in total. The van der Waals surface area contributed by atoms with Gasteiger partial charge in [-0.1, -0.05) is 31.1 Å². The predicted octanol–water partition coefficient (Wildman–Crippen LogP) is 3.38. The molecule has 3 amide bonds. The molecule has 206 valence electrons. The zero-order valence-electron chi connectivity index (χ0n) is 22.1. The van der Waals surface area contributed by atoms with E-state index in [1.165, 1.54) is 17.5 Å². The minimum Gasteiger partial charge on any atom is -0.384 e. The summed E-state index contributed by atoms with van der Waals surface area (Å²) in [6, 6.07) is 8.07. The van der Waals surface area contributed by atoms with Crippen LogP contribution in [-0.4, -0.2) is 61.7 Å². The van der Waals surface area contributed by atoms with Gasteiger partial charge < -0.3 is 9.63 Å². The number of nitrogens with one attached hydrogen (secondary N) is 1. The number of likely N-dealkylation sites (tertiary alicyclic amines) is 1. The molecule has 0 aliphatic carbocycles. The average molecular weight is 546 g/mol. The van der Waals surface area contributed by atoms with Crippen molar-refractivity contribution in [3.05, 3.63) is 66.1 Å². The summed E-state index contributed by atoms with van der Waals surface area (Å²) in [6.45, 7) is 5.74. The van der Waals surface area contributed by atoms with Crippen LogP contribution in [0.3, 0.4) is 0 Å². The fraction of sp³-hybridized carbons (Fsp3) is 0.357. The number of aromatic nitrogens is 4. The van der Waals surface area contributed by atoms with Crippen molar-refractivity contribution >= 4 is 28.5 Å². The molecular weight excluding hydrogens is 517 g/mol. The summed E-state index contributed by atoms with van der Waals surface area (Å²) in [5.41, 5.74) is 0.469. The van der Waals surface area contributed by atoms with Crippen molar-refractivity contribution < 1.29 is 23.6 Å². The van der Waals surface area contributed by atoms with Gasteiger partial charge in [0.15, 0.2) is 0 Å². The van der Waals surface area contributed by atoms with Gasteiger partial charge in [0.2, 0.25) is 18.1 Å². The Morgan fingerprint density at radius 1 is 1.10 bits per heavy atom. The number of benzene rings is 1. The van der Waals surface area contributed by atoms with Gasteiger partial charge in [-0.2, -0.15) is 4.98 Å². The van der Waals surface area contributed by atoms with Crippen molar-refractivity contribution in [1.29, 1.82) is 0 Å². The zero-order valence-corrected chi connectivity index (χ0v) is 22.1. The first-order chi connectivity index (χ1) is 19.1. The molecule has 0 saturated carbocycles. The van der Waals surface area contributed by atoms with E-state index in [4.69, 9.17) is 4.52 Å². The smallest absolute Gasteiger partial charge is 0.328 e. The van der Waals surface area contributed by atoms with E-state index in [9.17, 15) is 14.7 Å². The Labute approximate surface area is 229 Å². The third-order valence-electron chi connectivity index (χ3n) is 7.95. The summed E-state index contributed by atoms with van der Waals surface area (Å²) in [5.74, 6) is -0.494. The van der Waals surface area contributed by atoms with E-state index in [2.05, 4.69) is 30.3 Å². The zero-order chi connectivity index (χ0) is 28.1. The van der Waals surface area contributed by atoms with Gasteiger partial charge in [-0.15, -0.1) is 0 Å². The predicted molar refractivity (Wildman–Crippen MR) is 142 cm³/mol. The van der Waals surface area contributed by atoms with Crippen molar-refractivity contribution in [3.63, 3.8) is 0 Å². The molecule has 12 heteroatoms. The standard InChI is InChI=1S/C28H28FN7O4/c1-27(2)15-35(14-17-3-5-22(30-12-17)25-32-16-40-34-25)10-8-28(27,39)20-4-6-21-19(24(20)29)11-18(13-31-21)36-9-7-23(37)33-26(36)38/h3-6,11-13,16,39H,7-10,14-15H2,1-2H3,(H,33,37,38). The number of imide groups is 1. The number of hydrogen-bond donors (Lipinski definition) is 2. The summed E-state index contributed by atoms with van der Waals surface area (Å²) in [5, 5.41) is 18.3. The number of hydrogen-bond acceptors (Lipinski definition) is 9. The van der Waals surface area contributed by atoms with E-state index in [0.717, 1.165) is 5.56 Å². The Balaban J connectivity index is 1.24. The molecule has 0 spiro atoms. The monoisotopic (exact) mass is 545 g/mol. The highest BCUT2D eigenvalue weighted by molar-refractivity contribution is 6.06. The van der Waals surface area contributed by atoms with E-state index in [1.54, 1.807) is 24.4 Å². The molecule has 1 unspecified atom stereocenters. The summed E-state index contributed by atoms with van der Waals surface area (Å²) in [4.78, 5) is 40.2. The quantitative estimate of drug-likeness (QED) is 0.387. The highest BCUT2D eigenvalue weighted by Crippen LogP contribution is 2.48. The Bertz CT molecular complexity index is 1590. The summed E-state index contributed by atoms with van der Waals surface area (Å²) < 4.78 is 20.9. The number of carbonyl (C=O) groups excluding carboxylic acids is 2. The molecule has 2 saturated heterocycles. The molecule has 1 atom stereocenters. The first kappa shape index (κ1) is 26.0. The Morgan fingerprint density at radius 2 is 1.95 bits per heavy atom. The molecule has 2 aliphatic heterocycles. The van der Waals surface area contributed by atoms with Crippen molar-refractivity contribution in [2.24, 2.45) is 5.41 Å². The van der Waals surface area contributed by atoms with E-state index in [0.29, 0.717) is 48.8 Å². The van der Waals surface area contributed by atoms with E-state index in [1.807, 2.05) is 26.0 Å². The second-order valence-corrected chi connectivity index (χ2v) is 11.0. The van der Waals surface area contributed by atoms with Crippen LogP contribution >= 0.6 is 0 Å². The molecule has 2 fully saturated rings. The van der Waals surface area contributed by atoms with Gasteiger partial charge in [0.1, 0.15) is 11.5 Å². The molecule has 40 heavy (non-hydrogen) atoms. The second kappa shape index (κ2) is 9.72. The third kappa shape index (κ3) is 4.48. The molecule has 0 radical (unpaired) electrons. The summed E-state index contributed by atoms with van der Waals surface area (Å²) in [7, 11) is 0. The number of rotatable bonds is 5. The third-order valence-corrected chi connectivity index (χ3v) is 7.95. The summed E-state index contributed by atoms with van der Waals surface area (Å²) in [6.07, 6.45) is 4.98. The second-order valence-electron chi connectivity index (χ2n) is 11.0. The van der Waals surface area contributed by atoms with E-state index < -0.39 is 22.9 Å². The van der Waals surface area contributed by atoms with Crippen LogP contribution < -0.4 is 10.2 Å². The Morgan fingerprint density at radius 3 is 2.65 bits per heavy atom. The number of amides is 3. The fourth-order valence-corrected chi connectivity index (χ4v) is 5.68. The van der Waals surface area contributed by atoms with Crippen molar-refractivity contribution in [2.45, 2.75) is 38.8 Å². The molecule has 2 N–H and O–H groups in total. The SMILES string of the molecule is CC1(C)CN(Cc2ccc(-c3ncon3)nc2)CCC1(O)c1ccc2ncc(N3CCC(=O)NC3=O)cc2c1F. The minimum absolute atomic E-state index is 0.149. The lowest BCUT2D eigenvalue weighted by Gasteiger charge is -2.50. The largest absolute Gasteiger partial charge is 0.384 e. The normalized spacial score (nSPS) is 21.6. The maximum absolute atomic E-state index is 16.1. The van der Waals surface area contributed by atoms with Crippen LogP contribution in [0.5, 0.6) is 0 Å². The molecule has 3 aromatic heterocycles. The van der Waals surface area contributed by atoms with Gasteiger partial charge in [0.05, 0.1) is 23.0 Å². The Kier molecular flexibility index (Phi) is 6.31. The van der Waals surface area contributed by atoms with Gasteiger partial charge in [-0.05, 0) is 30.2 Å². The maximum Gasteiger partial charge on any atom is 0.328 e. The number of pyridine rings is 2. The van der Waals surface area contributed by atoms with Crippen LogP contribution in [0.2, 0.25) is 0 Å². The number of anilines is 1. The molecule has 6 rings (SSSR count). The van der Waals surface area contributed by atoms with Crippen LogP contribution in [-0.2, 0) is 16.9 Å². The molecular formula is C28H28FN7O4. The van der Waals surface area contributed by atoms with Crippen LogP contribution in [0.4, 0.5) is 14.9 Å². The number of piperidine rings is 1. The lowest BCUT2D eigenvalue weighted by molar-refractivity contribution is -0.128. The van der Waals surface area contributed by atoms with Crippen LogP contribution in [0, 0.1) is 11.2 Å². The molecule has 4 aromatic rings. The van der Waals surface area contributed by atoms with Crippen molar-refractivity contribution in [1.82, 2.24) is 30.3 Å². The molecule has 1 aromatic carbocycles. The average Bonchev–Trinajstić information content (AvgIpc) is 3.47.